The van der Waals surface area contributed by atoms with Gasteiger partial charge >= 0.3 is 6.03 Å². The number of benzene rings is 2. The van der Waals surface area contributed by atoms with Gasteiger partial charge in [-0.05, 0) is 36.6 Å². The molecule has 3 rings (SSSR count). The van der Waals surface area contributed by atoms with Gasteiger partial charge in [-0.25, -0.2) is 9.18 Å². The van der Waals surface area contributed by atoms with E-state index in [-0.39, 0.29) is 12.1 Å². The van der Waals surface area contributed by atoms with Gasteiger partial charge in [-0.3, -0.25) is 0 Å². The largest absolute Gasteiger partial charge is 0.386 e. The first-order valence-electron chi connectivity index (χ1n) is 8.14. The van der Waals surface area contributed by atoms with Crippen LogP contribution in [0.5, 0.6) is 0 Å². The number of aryl methyl sites for hydroxylation is 1. The van der Waals surface area contributed by atoms with Crippen LogP contribution in [-0.2, 0) is 6.54 Å². The molecule has 1 aromatic heterocycles. The van der Waals surface area contributed by atoms with E-state index >= 15 is 0 Å². The summed E-state index contributed by atoms with van der Waals surface area (Å²) in [5.41, 5.74) is 1.84. The minimum absolute atomic E-state index is 0.0830. The Morgan fingerprint density at radius 3 is 2.80 bits per heavy atom. The Bertz CT molecular complexity index is 891. The van der Waals surface area contributed by atoms with Crippen LogP contribution in [0.25, 0.3) is 10.9 Å². The first-order valence-corrected chi connectivity index (χ1v) is 8.14. The molecule has 0 fully saturated rings. The van der Waals surface area contributed by atoms with Crippen LogP contribution >= 0.6 is 0 Å². The zero-order valence-corrected chi connectivity index (χ0v) is 13.9. The Kier molecular flexibility index (Phi) is 5.00. The second kappa shape index (κ2) is 7.36. The summed E-state index contributed by atoms with van der Waals surface area (Å²) < 4.78 is 15.7. The van der Waals surface area contributed by atoms with Crippen LogP contribution < -0.4 is 10.6 Å². The third-order valence-corrected chi connectivity index (χ3v) is 4.09. The Morgan fingerprint density at radius 1 is 1.24 bits per heavy atom. The number of hydrogen-bond acceptors (Lipinski definition) is 2. The molecule has 3 aromatic rings. The van der Waals surface area contributed by atoms with Gasteiger partial charge in [0.15, 0.2) is 0 Å². The van der Waals surface area contributed by atoms with E-state index in [1.54, 1.807) is 12.1 Å². The number of carbonyl (C=O) groups excluding carboxylic acids is 1. The number of aliphatic hydroxyl groups excluding tert-OH is 1. The Labute approximate surface area is 145 Å². The van der Waals surface area contributed by atoms with Crippen molar-refractivity contribution in [1.82, 2.24) is 9.88 Å². The van der Waals surface area contributed by atoms with Crippen molar-refractivity contribution < 1.29 is 14.3 Å². The van der Waals surface area contributed by atoms with Crippen LogP contribution in [0.4, 0.5) is 14.9 Å². The molecular formula is C19H20FN3O2. The highest BCUT2D eigenvalue weighted by atomic mass is 19.1. The van der Waals surface area contributed by atoms with E-state index in [1.165, 1.54) is 12.1 Å². The van der Waals surface area contributed by atoms with Gasteiger partial charge in [0.25, 0.3) is 0 Å². The first-order chi connectivity index (χ1) is 12.1. The molecule has 130 valence electrons. The topological polar surface area (TPSA) is 66.3 Å². The summed E-state index contributed by atoms with van der Waals surface area (Å²) in [6.07, 6.45) is 0.894. The van der Waals surface area contributed by atoms with E-state index in [4.69, 9.17) is 0 Å². The molecule has 0 bridgehead atoms. The number of anilines is 1. The van der Waals surface area contributed by atoms with Gasteiger partial charge in [-0.1, -0.05) is 24.3 Å². The number of nitrogens with one attached hydrogen (secondary N) is 2. The molecule has 1 atom stereocenters. The Morgan fingerprint density at radius 2 is 2.04 bits per heavy atom. The molecule has 0 radical (unpaired) electrons. The molecule has 0 aliphatic rings. The standard InChI is InChI=1S/C19H20FN3O2/c1-2-23-10-9-13-7-8-14(11-17(13)23)22-19(25)21-12-18(24)15-5-3-4-6-16(15)20/h3-11,18,24H,2,12H2,1H3,(H2,21,22,25). The summed E-state index contributed by atoms with van der Waals surface area (Å²) in [5.74, 6) is -0.497. The third-order valence-electron chi connectivity index (χ3n) is 4.09. The highest BCUT2D eigenvalue weighted by molar-refractivity contribution is 5.92. The van der Waals surface area contributed by atoms with E-state index in [1.807, 2.05) is 30.5 Å². The predicted octanol–water partition coefficient (Wildman–Crippen LogP) is 3.66. The molecule has 1 heterocycles. The number of hydrogen-bond donors (Lipinski definition) is 3. The summed E-state index contributed by atoms with van der Waals surface area (Å²) in [6, 6.07) is 13.2. The summed E-state index contributed by atoms with van der Waals surface area (Å²) in [7, 11) is 0. The first kappa shape index (κ1) is 17.0. The van der Waals surface area contributed by atoms with Crippen molar-refractivity contribution in [3.63, 3.8) is 0 Å². The maximum atomic E-state index is 13.6. The lowest BCUT2D eigenvalue weighted by molar-refractivity contribution is 0.170. The van der Waals surface area contributed by atoms with Crippen molar-refractivity contribution in [2.75, 3.05) is 11.9 Å². The highest BCUT2D eigenvalue weighted by Gasteiger charge is 2.13. The molecule has 2 aromatic carbocycles. The zero-order chi connectivity index (χ0) is 17.8. The van der Waals surface area contributed by atoms with Crippen molar-refractivity contribution >= 4 is 22.6 Å². The number of carbonyl (C=O) groups is 1. The smallest absolute Gasteiger partial charge is 0.319 e. The SMILES string of the molecule is CCn1ccc2ccc(NC(=O)NCC(O)c3ccccc3F)cc21. The number of nitrogens with zero attached hydrogens (tertiary/aromatic N) is 1. The maximum Gasteiger partial charge on any atom is 0.319 e. The molecule has 0 aliphatic carbocycles. The van der Waals surface area contributed by atoms with Gasteiger partial charge < -0.3 is 20.3 Å². The number of amides is 2. The van der Waals surface area contributed by atoms with Gasteiger partial charge in [-0.15, -0.1) is 0 Å². The molecule has 2 amide bonds. The van der Waals surface area contributed by atoms with Gasteiger partial charge in [0.05, 0.1) is 11.6 Å². The van der Waals surface area contributed by atoms with Crippen molar-refractivity contribution in [3.05, 3.63) is 66.1 Å². The maximum absolute atomic E-state index is 13.6. The fourth-order valence-corrected chi connectivity index (χ4v) is 2.76. The summed E-state index contributed by atoms with van der Waals surface area (Å²) in [4.78, 5) is 12.0. The van der Waals surface area contributed by atoms with Crippen LogP contribution in [0, 0.1) is 5.82 Å². The quantitative estimate of drug-likeness (QED) is 0.663. The lowest BCUT2D eigenvalue weighted by atomic mass is 10.1. The van der Waals surface area contributed by atoms with Crippen molar-refractivity contribution in [2.24, 2.45) is 0 Å². The zero-order valence-electron chi connectivity index (χ0n) is 13.9. The third kappa shape index (κ3) is 3.80. The Hall–Kier alpha value is -2.86. The average Bonchev–Trinajstić information content (AvgIpc) is 3.02. The molecule has 0 saturated carbocycles. The molecule has 5 nitrogen and oxygen atoms in total. The van der Waals surface area contributed by atoms with E-state index in [2.05, 4.69) is 22.1 Å². The fraction of sp³-hybridized carbons (Fsp3) is 0.211. The molecule has 1 unspecified atom stereocenters. The average molecular weight is 341 g/mol. The number of halogens is 1. The minimum Gasteiger partial charge on any atom is -0.386 e. The molecule has 25 heavy (non-hydrogen) atoms. The number of rotatable bonds is 5. The van der Waals surface area contributed by atoms with Crippen LogP contribution in [-0.4, -0.2) is 22.2 Å². The monoisotopic (exact) mass is 341 g/mol. The van der Waals surface area contributed by atoms with Gasteiger partial charge in [0.2, 0.25) is 0 Å². The van der Waals surface area contributed by atoms with Crippen molar-refractivity contribution in [3.8, 4) is 0 Å². The lowest BCUT2D eigenvalue weighted by Gasteiger charge is -2.14. The molecule has 3 N–H and O–H groups in total. The predicted molar refractivity (Wildman–Crippen MR) is 96.0 cm³/mol. The van der Waals surface area contributed by atoms with Crippen molar-refractivity contribution in [2.45, 2.75) is 19.6 Å². The van der Waals surface area contributed by atoms with Crippen LogP contribution in [0.2, 0.25) is 0 Å². The van der Waals surface area contributed by atoms with Crippen LogP contribution in [0.1, 0.15) is 18.6 Å². The Balaban J connectivity index is 1.62. The van der Waals surface area contributed by atoms with E-state index < -0.39 is 18.0 Å². The summed E-state index contributed by atoms with van der Waals surface area (Å²) in [6.45, 7) is 2.81. The van der Waals surface area contributed by atoms with Gasteiger partial charge in [-0.2, -0.15) is 0 Å². The lowest BCUT2D eigenvalue weighted by Crippen LogP contribution is -2.32. The van der Waals surface area contributed by atoms with E-state index in [0.29, 0.717) is 5.69 Å². The molecule has 6 heteroatoms. The molecule has 0 saturated heterocycles. The van der Waals surface area contributed by atoms with Crippen LogP contribution in [0.15, 0.2) is 54.7 Å². The van der Waals surface area contributed by atoms with Gasteiger partial charge in [0, 0.05) is 30.5 Å². The number of aliphatic hydroxyl groups is 1. The second-order valence-electron chi connectivity index (χ2n) is 5.75. The molecule has 0 spiro atoms. The minimum atomic E-state index is -1.10. The van der Waals surface area contributed by atoms with E-state index in [9.17, 15) is 14.3 Å². The van der Waals surface area contributed by atoms with Crippen LogP contribution in [0.3, 0.4) is 0 Å². The number of aromatic nitrogens is 1. The number of urea groups is 1. The fourth-order valence-electron chi connectivity index (χ4n) is 2.76. The molecular weight excluding hydrogens is 321 g/mol. The second-order valence-corrected chi connectivity index (χ2v) is 5.75. The number of fused-ring (bicyclic) bond motifs is 1. The summed E-state index contributed by atoms with van der Waals surface area (Å²) >= 11 is 0. The van der Waals surface area contributed by atoms with E-state index in [0.717, 1.165) is 17.4 Å². The molecule has 0 aliphatic heterocycles. The highest BCUT2D eigenvalue weighted by Crippen LogP contribution is 2.20. The van der Waals surface area contributed by atoms with Crippen molar-refractivity contribution in [1.29, 1.82) is 0 Å². The van der Waals surface area contributed by atoms with Gasteiger partial charge in [0.1, 0.15) is 5.82 Å². The normalized spacial score (nSPS) is 12.1. The summed E-state index contributed by atoms with van der Waals surface area (Å²) in [5, 5.41) is 16.4.